The third-order valence-electron chi connectivity index (χ3n) is 6.26. The van der Waals surface area contributed by atoms with Crippen LogP contribution in [0.25, 0.3) is 17.0 Å². The Labute approximate surface area is 192 Å². The lowest BCUT2D eigenvalue weighted by Crippen LogP contribution is -2.35. The fraction of sp³-hybridized carbons (Fsp3) is 0.435. The maximum Gasteiger partial charge on any atom is 0.252 e. The molecule has 1 N–H and O–H groups in total. The van der Waals surface area contributed by atoms with E-state index >= 15 is 0 Å². The van der Waals surface area contributed by atoms with Gasteiger partial charge in [0, 0.05) is 37.9 Å². The summed E-state index contributed by atoms with van der Waals surface area (Å²) in [6.07, 6.45) is 5.63. The van der Waals surface area contributed by atoms with Gasteiger partial charge in [-0.25, -0.2) is 19.9 Å². The Balaban J connectivity index is 1.28. The van der Waals surface area contributed by atoms with E-state index in [1.807, 2.05) is 20.0 Å². The van der Waals surface area contributed by atoms with E-state index in [9.17, 15) is 0 Å². The number of likely N-dealkylation sites (N-methyl/N-ethyl adjacent to an activating group) is 2. The second-order valence-corrected chi connectivity index (χ2v) is 8.70. The van der Waals surface area contributed by atoms with Crippen LogP contribution in [0.3, 0.4) is 0 Å². The van der Waals surface area contributed by atoms with Crippen LogP contribution in [-0.2, 0) is 6.54 Å². The van der Waals surface area contributed by atoms with Gasteiger partial charge in [-0.2, -0.15) is 9.78 Å². The summed E-state index contributed by atoms with van der Waals surface area (Å²) in [7, 11) is 4.19. The summed E-state index contributed by atoms with van der Waals surface area (Å²) >= 11 is 0. The highest BCUT2D eigenvalue weighted by atomic mass is 16.3. The summed E-state index contributed by atoms with van der Waals surface area (Å²) in [5.41, 5.74) is 4.91. The highest BCUT2D eigenvalue weighted by Crippen LogP contribution is 2.31. The Bertz CT molecular complexity index is 1210. The van der Waals surface area contributed by atoms with Gasteiger partial charge in [0.15, 0.2) is 12.0 Å². The molecule has 5 rings (SSSR count). The largest absolute Gasteiger partial charge is 0.443 e. The molecule has 1 aliphatic heterocycles. The van der Waals surface area contributed by atoms with Crippen LogP contribution in [0.15, 0.2) is 47.7 Å². The normalized spacial score (nSPS) is 19.2. The topological polar surface area (TPSA) is 101 Å². The summed E-state index contributed by atoms with van der Waals surface area (Å²) in [5, 5.41) is 7.65. The fourth-order valence-electron chi connectivity index (χ4n) is 4.52. The molecule has 0 saturated carbocycles. The van der Waals surface area contributed by atoms with Crippen LogP contribution in [0.1, 0.15) is 29.4 Å². The molecule has 10 nitrogen and oxygen atoms in total. The molecule has 0 radical (unpaired) electrons. The monoisotopic (exact) mass is 447 g/mol. The third kappa shape index (κ3) is 4.77. The lowest BCUT2D eigenvalue weighted by molar-refractivity contribution is 0.206. The van der Waals surface area contributed by atoms with E-state index in [4.69, 9.17) is 9.40 Å². The summed E-state index contributed by atoms with van der Waals surface area (Å²) in [6.45, 7) is 5.74. The molecule has 2 unspecified atom stereocenters. The summed E-state index contributed by atoms with van der Waals surface area (Å²) in [5.74, 6) is 0.565. The number of oxazole rings is 1. The number of likely N-dealkylation sites (tertiary alicyclic amines) is 1. The first-order valence-corrected chi connectivity index (χ1v) is 11.2. The number of fused-ring (bicyclic) bond motifs is 1. The van der Waals surface area contributed by atoms with Gasteiger partial charge in [0.25, 0.3) is 5.95 Å². The van der Waals surface area contributed by atoms with E-state index < -0.39 is 0 Å². The molecular weight excluding hydrogens is 418 g/mol. The lowest BCUT2D eigenvalue weighted by Gasteiger charge is -2.27. The highest BCUT2D eigenvalue weighted by Gasteiger charge is 2.33. The van der Waals surface area contributed by atoms with Crippen molar-refractivity contribution in [2.24, 2.45) is 0 Å². The van der Waals surface area contributed by atoms with Crippen LogP contribution in [0.5, 0.6) is 0 Å². The zero-order valence-corrected chi connectivity index (χ0v) is 19.2. The minimum atomic E-state index is 0.227. The molecule has 0 bridgehead atoms. The zero-order valence-electron chi connectivity index (χ0n) is 19.2. The summed E-state index contributed by atoms with van der Waals surface area (Å²) < 4.78 is 7.06. The molecule has 1 fully saturated rings. The number of nitrogens with zero attached hydrogens (tertiary/aromatic N) is 8. The molecule has 172 valence electrons. The Hall–Kier alpha value is -3.21. The van der Waals surface area contributed by atoms with Crippen molar-refractivity contribution < 1.29 is 4.42 Å². The second-order valence-electron chi connectivity index (χ2n) is 8.70. The Kier molecular flexibility index (Phi) is 6.12. The summed E-state index contributed by atoms with van der Waals surface area (Å²) in [4.78, 5) is 22.5. The minimum Gasteiger partial charge on any atom is -0.443 e. The van der Waals surface area contributed by atoms with Crippen LogP contribution in [0, 0.1) is 6.92 Å². The fourth-order valence-corrected chi connectivity index (χ4v) is 4.52. The van der Waals surface area contributed by atoms with Crippen molar-refractivity contribution in [2.75, 3.05) is 33.7 Å². The van der Waals surface area contributed by atoms with Crippen LogP contribution >= 0.6 is 0 Å². The van der Waals surface area contributed by atoms with Crippen molar-refractivity contribution in [1.29, 1.82) is 0 Å². The van der Waals surface area contributed by atoms with Crippen molar-refractivity contribution in [3.8, 4) is 5.95 Å². The molecule has 4 aromatic rings. The SMILES string of the molecule is CNC1CC(c2cc(C)nc(-n3cncn3)n2)N(CCN(C)Cc2ccc3ncoc3c2)C1. The maximum atomic E-state index is 5.45. The van der Waals surface area contributed by atoms with Crippen molar-refractivity contribution in [2.45, 2.75) is 32.0 Å². The van der Waals surface area contributed by atoms with Gasteiger partial charge in [-0.3, -0.25) is 4.90 Å². The number of hydrogen-bond acceptors (Lipinski definition) is 9. The maximum absolute atomic E-state index is 5.45. The molecule has 1 aromatic carbocycles. The predicted octanol–water partition coefficient (Wildman–Crippen LogP) is 1.97. The van der Waals surface area contributed by atoms with Crippen LogP contribution < -0.4 is 5.32 Å². The van der Waals surface area contributed by atoms with Crippen molar-refractivity contribution in [3.05, 3.63) is 60.3 Å². The molecule has 10 heteroatoms. The van der Waals surface area contributed by atoms with E-state index in [-0.39, 0.29) is 6.04 Å². The van der Waals surface area contributed by atoms with Crippen molar-refractivity contribution in [1.82, 2.24) is 44.8 Å². The van der Waals surface area contributed by atoms with Crippen molar-refractivity contribution >= 4 is 11.1 Å². The standard InChI is InChI=1S/C23H29N9O/c1-16-8-20(29-23(28-16)32-14-25-13-27-32)21-10-18(24-2)12-31(21)7-6-30(3)11-17-4-5-19-22(9-17)33-15-26-19/h4-5,8-9,13-15,18,21,24H,6-7,10-12H2,1-3H3. The third-order valence-corrected chi connectivity index (χ3v) is 6.26. The number of hydrogen-bond donors (Lipinski definition) is 1. The Morgan fingerprint density at radius 3 is 2.97 bits per heavy atom. The van der Waals surface area contributed by atoms with Crippen LogP contribution in [0.2, 0.25) is 0 Å². The first-order valence-electron chi connectivity index (χ1n) is 11.2. The van der Waals surface area contributed by atoms with Crippen LogP contribution in [0.4, 0.5) is 0 Å². The van der Waals surface area contributed by atoms with Gasteiger partial charge < -0.3 is 14.6 Å². The number of benzene rings is 1. The van der Waals surface area contributed by atoms with E-state index in [0.717, 1.165) is 55.1 Å². The van der Waals surface area contributed by atoms with Gasteiger partial charge in [-0.15, -0.1) is 0 Å². The van der Waals surface area contributed by atoms with E-state index in [2.05, 4.69) is 60.4 Å². The summed E-state index contributed by atoms with van der Waals surface area (Å²) in [6, 6.07) is 8.95. The number of aryl methyl sites for hydroxylation is 1. The highest BCUT2D eigenvalue weighted by molar-refractivity contribution is 5.72. The average Bonchev–Trinajstić information content (AvgIpc) is 3.57. The van der Waals surface area contributed by atoms with Gasteiger partial charge in [-0.05, 0) is 51.2 Å². The quantitative estimate of drug-likeness (QED) is 0.434. The molecule has 33 heavy (non-hydrogen) atoms. The minimum absolute atomic E-state index is 0.227. The molecule has 4 heterocycles. The van der Waals surface area contributed by atoms with Gasteiger partial charge in [0.1, 0.15) is 18.2 Å². The van der Waals surface area contributed by atoms with Gasteiger partial charge in [-0.1, -0.05) is 6.07 Å². The van der Waals surface area contributed by atoms with E-state index in [0.29, 0.717) is 12.0 Å². The number of aromatic nitrogens is 6. The van der Waals surface area contributed by atoms with Gasteiger partial charge >= 0.3 is 0 Å². The van der Waals surface area contributed by atoms with Crippen molar-refractivity contribution in [3.63, 3.8) is 0 Å². The van der Waals surface area contributed by atoms with Crippen LogP contribution in [-0.4, -0.2) is 79.3 Å². The molecule has 0 amide bonds. The molecule has 3 aromatic heterocycles. The number of rotatable bonds is 8. The Morgan fingerprint density at radius 1 is 1.24 bits per heavy atom. The van der Waals surface area contributed by atoms with Gasteiger partial charge in [0.05, 0.1) is 11.7 Å². The smallest absolute Gasteiger partial charge is 0.252 e. The molecule has 1 saturated heterocycles. The molecule has 0 spiro atoms. The first-order chi connectivity index (χ1) is 16.1. The molecule has 2 atom stereocenters. The predicted molar refractivity (Wildman–Crippen MR) is 124 cm³/mol. The zero-order chi connectivity index (χ0) is 22.8. The van der Waals surface area contributed by atoms with E-state index in [1.54, 1.807) is 11.0 Å². The lowest BCUT2D eigenvalue weighted by atomic mass is 10.1. The molecule has 1 aliphatic rings. The second kappa shape index (κ2) is 9.34. The molecule has 0 aliphatic carbocycles. The van der Waals surface area contributed by atoms with E-state index in [1.165, 1.54) is 18.3 Å². The van der Waals surface area contributed by atoms with Gasteiger partial charge in [0.2, 0.25) is 0 Å². The molecular formula is C23H29N9O. The average molecular weight is 448 g/mol. The number of nitrogens with one attached hydrogen (secondary N) is 1. The first kappa shape index (κ1) is 21.6. The Morgan fingerprint density at radius 2 is 2.15 bits per heavy atom.